The SMILES string of the molecule is Cc1ccc(CN(C(=O)CCCN(c2ccccc2C)S(C)(=O)=O)C(Cc2ccccc2)C(=O)NC2CCCCC2)cc1. The topological polar surface area (TPSA) is 86.8 Å². The van der Waals surface area contributed by atoms with E-state index in [0.29, 0.717) is 25.1 Å². The molecule has 0 bridgehead atoms. The zero-order valence-corrected chi connectivity index (χ0v) is 26.5. The fraction of sp³-hybridized carbons (Fsp3) is 0.429. The summed E-state index contributed by atoms with van der Waals surface area (Å²) in [5.74, 6) is -0.299. The van der Waals surface area contributed by atoms with Gasteiger partial charge in [-0.1, -0.05) is 97.6 Å². The van der Waals surface area contributed by atoms with E-state index in [-0.39, 0.29) is 30.8 Å². The Morgan fingerprint density at radius 3 is 2.16 bits per heavy atom. The molecule has 1 fully saturated rings. The van der Waals surface area contributed by atoms with E-state index in [1.807, 2.05) is 86.6 Å². The summed E-state index contributed by atoms with van der Waals surface area (Å²) in [5.41, 5.74) is 4.51. The molecule has 1 unspecified atom stereocenters. The predicted molar refractivity (Wildman–Crippen MR) is 173 cm³/mol. The van der Waals surface area contributed by atoms with Crippen molar-refractivity contribution in [3.05, 3.63) is 101 Å². The monoisotopic (exact) mass is 603 g/mol. The summed E-state index contributed by atoms with van der Waals surface area (Å²) in [6.07, 6.45) is 7.32. The second kappa shape index (κ2) is 15.2. The average Bonchev–Trinajstić information content (AvgIpc) is 2.99. The van der Waals surface area contributed by atoms with E-state index >= 15 is 0 Å². The smallest absolute Gasteiger partial charge is 0.243 e. The molecule has 0 saturated heterocycles. The number of amides is 2. The van der Waals surface area contributed by atoms with Crippen molar-refractivity contribution in [3.63, 3.8) is 0 Å². The zero-order valence-electron chi connectivity index (χ0n) is 25.7. The minimum atomic E-state index is -3.55. The van der Waals surface area contributed by atoms with Gasteiger partial charge in [-0.3, -0.25) is 13.9 Å². The number of hydrogen-bond donors (Lipinski definition) is 1. The molecule has 4 rings (SSSR count). The van der Waals surface area contributed by atoms with Gasteiger partial charge in [-0.15, -0.1) is 0 Å². The molecule has 1 aliphatic rings. The number of nitrogens with one attached hydrogen (secondary N) is 1. The average molecular weight is 604 g/mol. The third-order valence-corrected chi connectivity index (χ3v) is 9.41. The van der Waals surface area contributed by atoms with Gasteiger partial charge >= 0.3 is 0 Å². The molecule has 2 amide bonds. The predicted octanol–water partition coefficient (Wildman–Crippen LogP) is 5.94. The van der Waals surface area contributed by atoms with Gasteiger partial charge < -0.3 is 10.2 Å². The van der Waals surface area contributed by atoms with Gasteiger partial charge in [0.1, 0.15) is 6.04 Å². The molecule has 0 spiro atoms. The Bertz CT molecular complexity index is 1450. The highest BCUT2D eigenvalue weighted by molar-refractivity contribution is 7.92. The first-order valence-corrected chi connectivity index (χ1v) is 17.2. The van der Waals surface area contributed by atoms with Crippen molar-refractivity contribution in [2.45, 2.75) is 83.8 Å². The van der Waals surface area contributed by atoms with Gasteiger partial charge in [-0.25, -0.2) is 8.42 Å². The molecular weight excluding hydrogens is 558 g/mol. The second-order valence-corrected chi connectivity index (χ2v) is 13.7. The molecule has 0 radical (unpaired) electrons. The number of aryl methyl sites for hydroxylation is 2. The molecule has 0 aromatic heterocycles. The minimum Gasteiger partial charge on any atom is -0.352 e. The third kappa shape index (κ3) is 9.42. The summed E-state index contributed by atoms with van der Waals surface area (Å²) in [6, 6.07) is 24.6. The van der Waals surface area contributed by atoms with E-state index in [1.165, 1.54) is 17.0 Å². The highest BCUT2D eigenvalue weighted by Crippen LogP contribution is 2.24. The van der Waals surface area contributed by atoms with Crippen LogP contribution >= 0.6 is 0 Å². The first-order chi connectivity index (χ1) is 20.6. The molecule has 7 nitrogen and oxygen atoms in total. The first kappa shape index (κ1) is 32.3. The molecular formula is C35H45N3O4S. The standard InChI is InChI=1S/C35H45N3O4S/c1-27-20-22-30(23-21-27)26-37(34(39)19-12-24-38(43(3,41)42)32-18-11-10-13-28(32)2)33(25-29-14-6-4-7-15-29)35(40)36-31-16-8-5-9-17-31/h4,6-7,10-11,13-15,18,20-23,31,33H,5,8-9,12,16-17,19,24-26H2,1-3H3,(H,36,40). The summed E-state index contributed by atoms with van der Waals surface area (Å²) >= 11 is 0. The fourth-order valence-electron chi connectivity index (χ4n) is 5.81. The first-order valence-electron chi connectivity index (χ1n) is 15.3. The molecule has 230 valence electrons. The summed E-state index contributed by atoms with van der Waals surface area (Å²) in [6.45, 7) is 4.36. The van der Waals surface area contributed by atoms with Crippen LogP contribution in [0.5, 0.6) is 0 Å². The van der Waals surface area contributed by atoms with E-state index in [4.69, 9.17) is 0 Å². The quantitative estimate of drug-likeness (QED) is 0.262. The molecule has 3 aromatic rings. The highest BCUT2D eigenvalue weighted by Gasteiger charge is 2.32. The molecule has 43 heavy (non-hydrogen) atoms. The van der Waals surface area contributed by atoms with Gasteiger partial charge in [-0.05, 0) is 55.9 Å². The Kier molecular flexibility index (Phi) is 11.4. The van der Waals surface area contributed by atoms with Crippen molar-refractivity contribution in [1.82, 2.24) is 10.2 Å². The Morgan fingerprint density at radius 1 is 0.860 bits per heavy atom. The lowest BCUT2D eigenvalue weighted by Crippen LogP contribution is -2.52. The molecule has 0 aliphatic heterocycles. The van der Waals surface area contributed by atoms with Crippen LogP contribution in [0, 0.1) is 13.8 Å². The van der Waals surface area contributed by atoms with Crippen molar-refractivity contribution in [3.8, 4) is 0 Å². The van der Waals surface area contributed by atoms with Gasteiger partial charge in [0.15, 0.2) is 0 Å². The minimum absolute atomic E-state index is 0.117. The summed E-state index contributed by atoms with van der Waals surface area (Å²) in [4.78, 5) is 29.7. The Balaban J connectivity index is 1.59. The van der Waals surface area contributed by atoms with Crippen LogP contribution in [0.4, 0.5) is 5.69 Å². The summed E-state index contributed by atoms with van der Waals surface area (Å²) in [7, 11) is -3.55. The number of para-hydroxylation sites is 1. The van der Waals surface area contributed by atoms with Gasteiger partial charge in [0.2, 0.25) is 21.8 Å². The number of benzene rings is 3. The number of carbonyl (C=O) groups is 2. The number of sulfonamides is 1. The Hall–Kier alpha value is -3.65. The van der Waals surface area contributed by atoms with Crippen LogP contribution in [0.25, 0.3) is 0 Å². The van der Waals surface area contributed by atoms with Gasteiger partial charge in [0.05, 0.1) is 11.9 Å². The Labute approximate surface area is 257 Å². The number of nitrogens with zero attached hydrogens (tertiary/aromatic N) is 2. The van der Waals surface area contributed by atoms with Gasteiger partial charge in [0.25, 0.3) is 0 Å². The molecule has 3 aromatic carbocycles. The van der Waals surface area contributed by atoms with Crippen LogP contribution in [-0.2, 0) is 32.6 Å². The number of rotatable bonds is 13. The van der Waals surface area contributed by atoms with Crippen LogP contribution in [0.15, 0.2) is 78.9 Å². The van der Waals surface area contributed by atoms with Crippen molar-refractivity contribution in [2.24, 2.45) is 0 Å². The number of anilines is 1. The normalized spacial score (nSPS) is 14.6. The van der Waals surface area contributed by atoms with Crippen LogP contribution in [0.3, 0.4) is 0 Å². The maximum atomic E-state index is 14.1. The van der Waals surface area contributed by atoms with Crippen molar-refractivity contribution >= 4 is 27.5 Å². The van der Waals surface area contributed by atoms with Crippen molar-refractivity contribution in [2.75, 3.05) is 17.1 Å². The molecule has 1 saturated carbocycles. The van der Waals surface area contributed by atoms with E-state index < -0.39 is 16.1 Å². The highest BCUT2D eigenvalue weighted by atomic mass is 32.2. The lowest BCUT2D eigenvalue weighted by atomic mass is 9.94. The molecule has 1 atom stereocenters. The summed E-state index contributed by atoms with van der Waals surface area (Å²) < 4.78 is 26.8. The van der Waals surface area contributed by atoms with E-state index in [9.17, 15) is 18.0 Å². The van der Waals surface area contributed by atoms with Crippen LogP contribution in [0.2, 0.25) is 0 Å². The summed E-state index contributed by atoms with van der Waals surface area (Å²) in [5, 5.41) is 3.27. The van der Waals surface area contributed by atoms with Crippen LogP contribution in [-0.4, -0.2) is 50.0 Å². The van der Waals surface area contributed by atoms with Crippen LogP contribution < -0.4 is 9.62 Å². The van der Waals surface area contributed by atoms with Gasteiger partial charge in [0, 0.05) is 32.0 Å². The molecule has 1 aliphatic carbocycles. The molecule has 8 heteroatoms. The fourth-order valence-corrected chi connectivity index (χ4v) is 6.84. The maximum absolute atomic E-state index is 14.1. The number of carbonyl (C=O) groups excluding carboxylic acids is 2. The third-order valence-electron chi connectivity index (χ3n) is 8.23. The van der Waals surface area contributed by atoms with E-state index in [1.54, 1.807) is 11.0 Å². The van der Waals surface area contributed by atoms with Crippen molar-refractivity contribution in [1.29, 1.82) is 0 Å². The number of hydrogen-bond acceptors (Lipinski definition) is 4. The van der Waals surface area contributed by atoms with Crippen molar-refractivity contribution < 1.29 is 18.0 Å². The molecule has 1 N–H and O–H groups in total. The lowest BCUT2D eigenvalue weighted by Gasteiger charge is -2.34. The van der Waals surface area contributed by atoms with E-state index in [2.05, 4.69) is 5.32 Å². The zero-order chi connectivity index (χ0) is 30.8. The van der Waals surface area contributed by atoms with Gasteiger partial charge in [-0.2, -0.15) is 0 Å². The largest absolute Gasteiger partial charge is 0.352 e. The Morgan fingerprint density at radius 2 is 1.51 bits per heavy atom. The van der Waals surface area contributed by atoms with Crippen LogP contribution in [0.1, 0.15) is 67.2 Å². The maximum Gasteiger partial charge on any atom is 0.243 e. The second-order valence-electron chi connectivity index (χ2n) is 11.8. The lowest BCUT2D eigenvalue weighted by molar-refractivity contribution is -0.141. The molecule has 0 heterocycles. The van der Waals surface area contributed by atoms with E-state index in [0.717, 1.165) is 47.9 Å².